The van der Waals surface area contributed by atoms with Crippen LogP contribution in [0.4, 0.5) is 0 Å². The summed E-state index contributed by atoms with van der Waals surface area (Å²) in [5.74, 6) is 1.54. The second-order valence-electron chi connectivity index (χ2n) is 4.73. The maximum atomic E-state index is 6.07. The number of hydrogen-bond donors (Lipinski definition) is 1. The normalized spacial score (nSPS) is 18.3. The van der Waals surface area contributed by atoms with Gasteiger partial charge in [0.2, 0.25) is 0 Å². The molecule has 0 spiro atoms. The number of hydrogen-bond acceptors (Lipinski definition) is 2. The van der Waals surface area contributed by atoms with Gasteiger partial charge in [0.05, 0.1) is 11.6 Å². The number of benzene rings is 1. The predicted octanol–water partition coefficient (Wildman–Crippen LogP) is 4.86. The SMILES string of the molecule is SCC1(COc2cc(Cl)ccc2Cl)CCCC1. The van der Waals surface area contributed by atoms with E-state index in [-0.39, 0.29) is 5.41 Å². The molecule has 1 aliphatic rings. The van der Waals surface area contributed by atoms with Gasteiger partial charge in [-0.2, -0.15) is 12.6 Å². The van der Waals surface area contributed by atoms with Crippen LogP contribution in [0.15, 0.2) is 18.2 Å². The molecule has 4 heteroatoms. The zero-order valence-corrected chi connectivity index (χ0v) is 12.0. The molecule has 2 rings (SSSR count). The fraction of sp³-hybridized carbons (Fsp3) is 0.538. The Balaban J connectivity index is 2.03. The van der Waals surface area contributed by atoms with Crippen LogP contribution in [0, 0.1) is 5.41 Å². The summed E-state index contributed by atoms with van der Waals surface area (Å²) in [4.78, 5) is 0. The number of ether oxygens (including phenoxy) is 1. The molecule has 94 valence electrons. The van der Waals surface area contributed by atoms with Crippen LogP contribution in [0.5, 0.6) is 5.75 Å². The summed E-state index contributed by atoms with van der Waals surface area (Å²) in [7, 11) is 0. The van der Waals surface area contributed by atoms with Crippen molar-refractivity contribution in [1.82, 2.24) is 0 Å². The summed E-state index contributed by atoms with van der Waals surface area (Å²) in [6.07, 6.45) is 4.92. The first kappa shape index (κ1) is 13.4. The van der Waals surface area contributed by atoms with E-state index >= 15 is 0 Å². The van der Waals surface area contributed by atoms with Crippen molar-refractivity contribution >= 4 is 35.8 Å². The molecule has 1 fully saturated rings. The summed E-state index contributed by atoms with van der Waals surface area (Å²) in [6.45, 7) is 0.677. The molecule has 17 heavy (non-hydrogen) atoms. The first-order valence-electron chi connectivity index (χ1n) is 5.84. The first-order valence-corrected chi connectivity index (χ1v) is 7.23. The van der Waals surface area contributed by atoms with E-state index in [0.29, 0.717) is 22.4 Å². The van der Waals surface area contributed by atoms with Gasteiger partial charge in [0.25, 0.3) is 0 Å². The lowest BCUT2D eigenvalue weighted by Gasteiger charge is -2.27. The van der Waals surface area contributed by atoms with E-state index < -0.39 is 0 Å². The number of halogens is 2. The van der Waals surface area contributed by atoms with E-state index in [1.54, 1.807) is 18.2 Å². The fourth-order valence-electron chi connectivity index (χ4n) is 2.29. The molecule has 0 aliphatic heterocycles. The standard InChI is InChI=1S/C13H16Cl2OS/c14-10-3-4-11(15)12(7-10)16-8-13(9-17)5-1-2-6-13/h3-4,7,17H,1-2,5-6,8-9H2. The van der Waals surface area contributed by atoms with Gasteiger partial charge in [-0.15, -0.1) is 0 Å². The minimum Gasteiger partial charge on any atom is -0.491 e. The average molecular weight is 291 g/mol. The number of thiol groups is 1. The molecule has 0 unspecified atom stereocenters. The highest BCUT2D eigenvalue weighted by Gasteiger charge is 2.33. The van der Waals surface area contributed by atoms with E-state index in [9.17, 15) is 0 Å². The van der Waals surface area contributed by atoms with Gasteiger partial charge in [-0.3, -0.25) is 0 Å². The lowest BCUT2D eigenvalue weighted by molar-refractivity contribution is 0.173. The van der Waals surface area contributed by atoms with Crippen molar-refractivity contribution in [1.29, 1.82) is 0 Å². The molecule has 1 aromatic carbocycles. The summed E-state index contributed by atoms with van der Waals surface area (Å²) >= 11 is 16.4. The second kappa shape index (κ2) is 5.73. The van der Waals surface area contributed by atoms with Gasteiger partial charge < -0.3 is 4.74 Å². The third-order valence-corrected chi connectivity index (χ3v) is 4.64. The molecule has 0 aromatic heterocycles. The topological polar surface area (TPSA) is 9.23 Å². The minimum absolute atomic E-state index is 0.217. The smallest absolute Gasteiger partial charge is 0.139 e. The lowest BCUT2D eigenvalue weighted by Crippen LogP contribution is -2.27. The summed E-state index contributed by atoms with van der Waals surface area (Å²) in [5, 5.41) is 1.26. The van der Waals surface area contributed by atoms with Gasteiger partial charge in [0.15, 0.2) is 0 Å². The van der Waals surface area contributed by atoms with Gasteiger partial charge in [0, 0.05) is 16.5 Å². The van der Waals surface area contributed by atoms with Crippen LogP contribution >= 0.6 is 35.8 Å². The Bertz CT molecular complexity index is 389. The van der Waals surface area contributed by atoms with Crippen molar-refractivity contribution in [3.8, 4) is 5.75 Å². The molecule has 0 amide bonds. The zero-order chi connectivity index (χ0) is 12.3. The maximum absolute atomic E-state index is 6.07. The molecule has 0 atom stereocenters. The Morgan fingerprint density at radius 2 is 1.94 bits per heavy atom. The Hall–Kier alpha value is -0.0500. The minimum atomic E-state index is 0.217. The molecule has 1 saturated carbocycles. The predicted molar refractivity (Wildman–Crippen MR) is 76.7 cm³/mol. The van der Waals surface area contributed by atoms with E-state index in [2.05, 4.69) is 12.6 Å². The highest BCUT2D eigenvalue weighted by atomic mass is 35.5. The molecular weight excluding hydrogens is 275 g/mol. The van der Waals surface area contributed by atoms with Gasteiger partial charge in [0.1, 0.15) is 5.75 Å². The molecule has 0 N–H and O–H groups in total. The Morgan fingerprint density at radius 1 is 1.24 bits per heavy atom. The van der Waals surface area contributed by atoms with Crippen LogP contribution in [-0.4, -0.2) is 12.4 Å². The van der Waals surface area contributed by atoms with Gasteiger partial charge in [-0.25, -0.2) is 0 Å². The first-order chi connectivity index (χ1) is 8.15. The number of rotatable bonds is 4. The fourth-order valence-corrected chi connectivity index (χ4v) is 3.03. The van der Waals surface area contributed by atoms with Crippen LogP contribution in [0.1, 0.15) is 25.7 Å². The molecular formula is C13H16Cl2OS. The largest absolute Gasteiger partial charge is 0.491 e. The van der Waals surface area contributed by atoms with E-state index in [1.807, 2.05) is 0 Å². The molecule has 0 radical (unpaired) electrons. The second-order valence-corrected chi connectivity index (χ2v) is 5.89. The van der Waals surface area contributed by atoms with Gasteiger partial charge in [-0.1, -0.05) is 36.0 Å². The average Bonchev–Trinajstić information content (AvgIpc) is 2.80. The molecule has 1 aromatic rings. The van der Waals surface area contributed by atoms with E-state index in [0.717, 1.165) is 5.75 Å². The summed E-state index contributed by atoms with van der Waals surface area (Å²) in [6, 6.07) is 5.30. The van der Waals surface area contributed by atoms with Crippen LogP contribution in [0.25, 0.3) is 0 Å². The Kier molecular flexibility index (Phi) is 4.51. The van der Waals surface area contributed by atoms with Crippen molar-refractivity contribution in [2.45, 2.75) is 25.7 Å². The third kappa shape index (κ3) is 3.24. The van der Waals surface area contributed by atoms with Crippen LogP contribution in [-0.2, 0) is 0 Å². The molecule has 1 aliphatic carbocycles. The lowest BCUT2D eigenvalue weighted by atomic mass is 9.90. The summed E-state index contributed by atoms with van der Waals surface area (Å²) in [5.41, 5.74) is 0.217. The van der Waals surface area contributed by atoms with Crippen molar-refractivity contribution < 1.29 is 4.74 Å². The van der Waals surface area contributed by atoms with E-state index in [1.165, 1.54) is 25.7 Å². The van der Waals surface area contributed by atoms with Gasteiger partial charge >= 0.3 is 0 Å². The van der Waals surface area contributed by atoms with E-state index in [4.69, 9.17) is 27.9 Å². The molecule has 1 nitrogen and oxygen atoms in total. The highest BCUT2D eigenvalue weighted by molar-refractivity contribution is 7.80. The van der Waals surface area contributed by atoms with Crippen LogP contribution in [0.2, 0.25) is 10.0 Å². The van der Waals surface area contributed by atoms with Crippen LogP contribution in [0.3, 0.4) is 0 Å². The zero-order valence-electron chi connectivity index (χ0n) is 9.59. The molecule has 0 bridgehead atoms. The Labute approximate surface area is 118 Å². The van der Waals surface area contributed by atoms with Crippen molar-refractivity contribution in [3.63, 3.8) is 0 Å². The Morgan fingerprint density at radius 3 is 2.59 bits per heavy atom. The quantitative estimate of drug-likeness (QED) is 0.779. The molecule has 0 heterocycles. The van der Waals surface area contributed by atoms with Crippen molar-refractivity contribution in [2.75, 3.05) is 12.4 Å². The van der Waals surface area contributed by atoms with Crippen molar-refractivity contribution in [3.05, 3.63) is 28.2 Å². The highest BCUT2D eigenvalue weighted by Crippen LogP contribution is 2.40. The van der Waals surface area contributed by atoms with Crippen LogP contribution < -0.4 is 4.74 Å². The maximum Gasteiger partial charge on any atom is 0.139 e. The van der Waals surface area contributed by atoms with Crippen molar-refractivity contribution in [2.24, 2.45) is 5.41 Å². The van der Waals surface area contributed by atoms with Gasteiger partial charge in [-0.05, 0) is 30.7 Å². The summed E-state index contributed by atoms with van der Waals surface area (Å²) < 4.78 is 5.83. The monoisotopic (exact) mass is 290 g/mol. The third-order valence-electron chi connectivity index (χ3n) is 3.43. The molecule has 0 saturated heterocycles.